The Kier molecular flexibility index (Phi) is 5.37. The van der Waals surface area contributed by atoms with Crippen LogP contribution in [0.25, 0.3) is 5.76 Å². The normalized spacial score (nSPS) is 18.1. The van der Waals surface area contributed by atoms with E-state index in [-0.39, 0.29) is 16.9 Å². The zero-order valence-corrected chi connectivity index (χ0v) is 16.9. The van der Waals surface area contributed by atoms with Gasteiger partial charge in [-0.1, -0.05) is 6.07 Å². The van der Waals surface area contributed by atoms with Crippen molar-refractivity contribution >= 4 is 34.5 Å². The number of aliphatic hydroxyl groups excluding tert-OH is 1. The van der Waals surface area contributed by atoms with Crippen LogP contribution < -0.4 is 9.64 Å². The van der Waals surface area contributed by atoms with Crippen molar-refractivity contribution in [3.05, 3.63) is 87.9 Å². The molecule has 2 heterocycles. The summed E-state index contributed by atoms with van der Waals surface area (Å²) in [6.45, 7) is 2.38. The van der Waals surface area contributed by atoms with Crippen molar-refractivity contribution in [2.75, 3.05) is 11.5 Å². The number of carbonyl (C=O) groups excluding carboxylic acids is 2. The number of nitrogens with zero attached hydrogens (tertiary/aromatic N) is 1. The van der Waals surface area contributed by atoms with Crippen LogP contribution in [0.1, 0.15) is 23.4 Å². The van der Waals surface area contributed by atoms with Crippen molar-refractivity contribution in [2.24, 2.45) is 0 Å². The van der Waals surface area contributed by atoms with Crippen LogP contribution in [0, 0.1) is 5.82 Å². The fraction of sp³-hybridized carbons (Fsp3) is 0.130. The van der Waals surface area contributed by atoms with E-state index < -0.39 is 23.5 Å². The summed E-state index contributed by atoms with van der Waals surface area (Å²) >= 11 is 1.38. The lowest BCUT2D eigenvalue weighted by atomic mass is 9.99. The third kappa shape index (κ3) is 3.48. The van der Waals surface area contributed by atoms with Crippen molar-refractivity contribution in [2.45, 2.75) is 13.0 Å². The van der Waals surface area contributed by atoms with Crippen LogP contribution >= 0.6 is 11.3 Å². The summed E-state index contributed by atoms with van der Waals surface area (Å²) in [4.78, 5) is 28.0. The molecule has 0 radical (unpaired) electrons. The van der Waals surface area contributed by atoms with Gasteiger partial charge in [0.05, 0.1) is 12.2 Å². The molecule has 2 aromatic carbocycles. The highest BCUT2D eigenvalue weighted by Gasteiger charge is 2.47. The van der Waals surface area contributed by atoms with E-state index in [1.54, 1.807) is 30.3 Å². The monoisotopic (exact) mass is 423 g/mol. The summed E-state index contributed by atoms with van der Waals surface area (Å²) < 4.78 is 18.8. The number of halogens is 1. The summed E-state index contributed by atoms with van der Waals surface area (Å²) in [5.74, 6) is -1.67. The number of carbonyl (C=O) groups is 2. The Morgan fingerprint density at radius 2 is 1.80 bits per heavy atom. The molecule has 1 aliphatic heterocycles. The number of thiophene rings is 1. The predicted octanol–water partition coefficient (Wildman–Crippen LogP) is 4.91. The number of ketones is 1. The second-order valence-electron chi connectivity index (χ2n) is 6.62. The van der Waals surface area contributed by atoms with Crippen molar-refractivity contribution in [1.82, 2.24) is 0 Å². The summed E-state index contributed by atoms with van der Waals surface area (Å²) in [6, 6.07) is 14.8. The summed E-state index contributed by atoms with van der Waals surface area (Å²) in [7, 11) is 0. The molecular weight excluding hydrogens is 405 g/mol. The Bertz CT molecular complexity index is 1110. The number of benzene rings is 2. The maximum Gasteiger partial charge on any atom is 0.300 e. The average molecular weight is 423 g/mol. The van der Waals surface area contributed by atoms with Crippen LogP contribution in [0.2, 0.25) is 0 Å². The fourth-order valence-corrected chi connectivity index (χ4v) is 4.27. The minimum atomic E-state index is -0.788. The molecule has 1 N–H and O–H groups in total. The molecule has 1 aromatic heterocycles. The Morgan fingerprint density at radius 3 is 2.40 bits per heavy atom. The summed E-state index contributed by atoms with van der Waals surface area (Å²) in [5.41, 5.74) is 0.753. The maximum absolute atomic E-state index is 13.3. The van der Waals surface area contributed by atoms with Crippen molar-refractivity contribution in [1.29, 1.82) is 0 Å². The molecule has 5 nitrogen and oxygen atoms in total. The van der Waals surface area contributed by atoms with Gasteiger partial charge < -0.3 is 9.84 Å². The first-order chi connectivity index (χ1) is 14.5. The third-order valence-corrected chi connectivity index (χ3v) is 5.73. The molecule has 30 heavy (non-hydrogen) atoms. The lowest BCUT2D eigenvalue weighted by Crippen LogP contribution is -2.29. The van der Waals surface area contributed by atoms with Crippen LogP contribution in [0.4, 0.5) is 10.1 Å². The molecule has 7 heteroatoms. The average Bonchev–Trinajstić information content (AvgIpc) is 3.36. The number of ether oxygens (including phenoxy) is 1. The SMILES string of the molecule is CCOc1ccc(N2C(=O)C(=O)/C(=C(\O)c3ccc(F)cc3)C2c2cccs2)cc1. The van der Waals surface area contributed by atoms with Gasteiger partial charge in [-0.15, -0.1) is 11.3 Å². The zero-order valence-electron chi connectivity index (χ0n) is 16.0. The van der Waals surface area contributed by atoms with Crippen LogP contribution in [0.3, 0.4) is 0 Å². The number of hydrogen-bond donors (Lipinski definition) is 1. The van der Waals surface area contributed by atoms with E-state index in [2.05, 4.69) is 0 Å². The molecule has 1 saturated heterocycles. The highest BCUT2D eigenvalue weighted by atomic mass is 32.1. The second kappa shape index (κ2) is 8.12. The standard InChI is InChI=1S/C23H18FNO4S/c1-2-29-17-11-9-16(10-12-17)25-20(18-4-3-13-30-18)19(22(27)23(25)28)21(26)14-5-7-15(24)8-6-14/h3-13,20,26H,2H2,1H3/b21-19-. The van der Waals surface area contributed by atoms with E-state index in [0.29, 0.717) is 18.0 Å². The number of amides is 1. The molecule has 1 amide bonds. The first kappa shape index (κ1) is 19.8. The lowest BCUT2D eigenvalue weighted by molar-refractivity contribution is -0.132. The number of rotatable bonds is 5. The summed E-state index contributed by atoms with van der Waals surface area (Å²) in [5, 5.41) is 12.7. The first-order valence-electron chi connectivity index (χ1n) is 9.34. The quantitative estimate of drug-likeness (QED) is 0.360. The molecule has 0 spiro atoms. The molecule has 1 unspecified atom stereocenters. The topological polar surface area (TPSA) is 66.8 Å². The Balaban J connectivity index is 1.85. The Labute approximate surface area is 176 Å². The van der Waals surface area contributed by atoms with Crippen LogP contribution in [-0.4, -0.2) is 23.4 Å². The van der Waals surface area contributed by atoms with E-state index in [0.717, 1.165) is 4.88 Å². The zero-order chi connectivity index (χ0) is 21.3. The number of anilines is 1. The second-order valence-corrected chi connectivity index (χ2v) is 7.60. The van der Waals surface area contributed by atoms with Crippen molar-refractivity contribution in [3.63, 3.8) is 0 Å². The molecule has 4 rings (SSSR count). The largest absolute Gasteiger partial charge is 0.507 e. The molecule has 1 atom stereocenters. The van der Waals surface area contributed by atoms with Gasteiger partial charge in [0.25, 0.3) is 11.7 Å². The number of hydrogen-bond acceptors (Lipinski definition) is 5. The van der Waals surface area contributed by atoms with E-state index in [4.69, 9.17) is 4.74 Å². The summed E-state index contributed by atoms with van der Waals surface area (Å²) in [6.07, 6.45) is 0. The van der Waals surface area contributed by atoms with Gasteiger partial charge >= 0.3 is 0 Å². The van der Waals surface area contributed by atoms with Gasteiger partial charge in [-0.05, 0) is 66.9 Å². The molecule has 3 aromatic rings. The molecule has 1 fully saturated rings. The highest BCUT2D eigenvalue weighted by Crippen LogP contribution is 2.43. The predicted molar refractivity (Wildman–Crippen MR) is 113 cm³/mol. The lowest BCUT2D eigenvalue weighted by Gasteiger charge is -2.24. The van der Waals surface area contributed by atoms with Gasteiger partial charge in [-0.2, -0.15) is 0 Å². The molecule has 0 aliphatic carbocycles. The third-order valence-electron chi connectivity index (χ3n) is 4.80. The van der Waals surface area contributed by atoms with Gasteiger partial charge in [0.2, 0.25) is 0 Å². The van der Waals surface area contributed by atoms with Gasteiger partial charge in [-0.3, -0.25) is 14.5 Å². The van der Waals surface area contributed by atoms with E-state index in [1.807, 2.05) is 18.4 Å². The molecule has 0 bridgehead atoms. The van der Waals surface area contributed by atoms with Crippen molar-refractivity contribution < 1.29 is 23.8 Å². The molecule has 0 saturated carbocycles. The van der Waals surface area contributed by atoms with Gasteiger partial charge in [0.15, 0.2) is 0 Å². The Hall–Kier alpha value is -3.45. The van der Waals surface area contributed by atoms with Crippen LogP contribution in [0.5, 0.6) is 5.75 Å². The molecule has 1 aliphatic rings. The molecular formula is C23H18FNO4S. The first-order valence-corrected chi connectivity index (χ1v) is 10.2. The minimum absolute atomic E-state index is 0.0251. The van der Waals surface area contributed by atoms with E-state index in [1.165, 1.54) is 40.5 Å². The number of Topliss-reactive ketones (excluding diaryl/α,β-unsaturated/α-hetero) is 1. The van der Waals surface area contributed by atoms with Crippen molar-refractivity contribution in [3.8, 4) is 5.75 Å². The molecule has 152 valence electrons. The van der Waals surface area contributed by atoms with Crippen LogP contribution in [0.15, 0.2) is 71.6 Å². The van der Waals surface area contributed by atoms with Crippen LogP contribution in [-0.2, 0) is 9.59 Å². The fourth-order valence-electron chi connectivity index (χ4n) is 3.45. The van der Waals surface area contributed by atoms with E-state index in [9.17, 15) is 19.1 Å². The highest BCUT2D eigenvalue weighted by molar-refractivity contribution is 7.10. The number of aliphatic hydroxyl groups is 1. The minimum Gasteiger partial charge on any atom is -0.507 e. The smallest absolute Gasteiger partial charge is 0.300 e. The van der Waals surface area contributed by atoms with Gasteiger partial charge in [0.1, 0.15) is 23.4 Å². The van der Waals surface area contributed by atoms with Gasteiger partial charge in [-0.25, -0.2) is 4.39 Å². The van der Waals surface area contributed by atoms with E-state index >= 15 is 0 Å². The Morgan fingerprint density at radius 1 is 1.10 bits per heavy atom. The maximum atomic E-state index is 13.3. The van der Waals surface area contributed by atoms with Gasteiger partial charge in [0, 0.05) is 16.1 Å².